The molecule has 2 N–H and O–H groups in total. The Morgan fingerprint density at radius 3 is 2.58 bits per heavy atom. The minimum atomic E-state index is -0.335. The smallest absolute Gasteiger partial charge is 0.323 e. The van der Waals surface area contributed by atoms with Gasteiger partial charge in [-0.25, -0.2) is 4.79 Å². The number of urea groups is 1. The molecule has 0 saturated heterocycles. The maximum absolute atomic E-state index is 12.3. The normalized spacial score (nSPS) is 10.8. The van der Waals surface area contributed by atoms with Crippen LogP contribution in [0.5, 0.6) is 0 Å². The number of amides is 2. The summed E-state index contributed by atoms with van der Waals surface area (Å²) in [5.74, 6) is 0. The highest BCUT2D eigenvalue weighted by Crippen LogP contribution is 2.26. The summed E-state index contributed by atoms with van der Waals surface area (Å²) in [6, 6.07) is 14.7. The fourth-order valence-corrected chi connectivity index (χ4v) is 2.74. The van der Waals surface area contributed by atoms with E-state index in [2.05, 4.69) is 15.2 Å². The summed E-state index contributed by atoms with van der Waals surface area (Å²) in [5.41, 5.74) is 2.36. The Labute approximate surface area is 145 Å². The minimum absolute atomic E-state index is 0.335. The van der Waals surface area contributed by atoms with Crippen LogP contribution in [0.4, 0.5) is 16.2 Å². The summed E-state index contributed by atoms with van der Waals surface area (Å²) in [7, 11) is 1.67. The molecule has 0 atom stereocenters. The molecular weight excluding hydrogens is 326 g/mol. The maximum Gasteiger partial charge on any atom is 0.323 e. The van der Waals surface area contributed by atoms with Crippen LogP contribution in [0.3, 0.4) is 0 Å². The average Bonchev–Trinajstić information content (AvgIpc) is 2.93. The number of aromatic nitrogens is 1. The van der Waals surface area contributed by atoms with E-state index in [4.69, 9.17) is 16.3 Å². The van der Waals surface area contributed by atoms with E-state index in [1.807, 2.05) is 42.6 Å². The van der Waals surface area contributed by atoms with Crippen molar-refractivity contribution >= 4 is 39.9 Å². The standard InChI is InChI=1S/C18H18ClN3O2/c1-24-11-10-22-12-16(13-6-2-5-9-17(13)22)21-18(23)20-15-8-4-3-7-14(15)19/h2-9,12H,10-11H2,1H3,(H2,20,21,23). The number of ether oxygens (including phenoxy) is 1. The van der Waals surface area contributed by atoms with Gasteiger partial charge in [0.15, 0.2) is 0 Å². The number of methoxy groups -OCH3 is 1. The number of rotatable bonds is 5. The van der Waals surface area contributed by atoms with Crippen LogP contribution in [0.25, 0.3) is 10.9 Å². The number of fused-ring (bicyclic) bond motifs is 1. The summed E-state index contributed by atoms with van der Waals surface area (Å²) >= 11 is 6.07. The van der Waals surface area contributed by atoms with Gasteiger partial charge in [-0.05, 0) is 18.2 Å². The lowest BCUT2D eigenvalue weighted by Gasteiger charge is -2.08. The van der Waals surface area contributed by atoms with Crippen molar-refractivity contribution in [3.63, 3.8) is 0 Å². The summed E-state index contributed by atoms with van der Waals surface area (Å²) in [4.78, 5) is 12.3. The third kappa shape index (κ3) is 3.53. The van der Waals surface area contributed by atoms with Crippen LogP contribution < -0.4 is 10.6 Å². The van der Waals surface area contributed by atoms with E-state index in [0.29, 0.717) is 23.9 Å². The summed E-state index contributed by atoms with van der Waals surface area (Å²) in [6.07, 6.45) is 1.91. The number of carbonyl (C=O) groups excluding carboxylic acids is 1. The Bertz CT molecular complexity index is 860. The summed E-state index contributed by atoms with van der Waals surface area (Å²) in [5, 5.41) is 7.12. The lowest BCUT2D eigenvalue weighted by Crippen LogP contribution is -2.19. The molecule has 124 valence electrons. The van der Waals surface area contributed by atoms with Gasteiger partial charge in [0.25, 0.3) is 0 Å². The molecule has 6 heteroatoms. The molecule has 2 amide bonds. The van der Waals surface area contributed by atoms with Gasteiger partial charge in [-0.2, -0.15) is 0 Å². The number of benzene rings is 2. The number of hydrogen-bond donors (Lipinski definition) is 2. The van der Waals surface area contributed by atoms with Crippen LogP contribution in [0.2, 0.25) is 5.02 Å². The van der Waals surface area contributed by atoms with Crippen molar-refractivity contribution in [2.24, 2.45) is 0 Å². The van der Waals surface area contributed by atoms with E-state index >= 15 is 0 Å². The molecule has 0 aliphatic heterocycles. The van der Waals surface area contributed by atoms with Crippen LogP contribution in [-0.4, -0.2) is 24.3 Å². The molecule has 1 aromatic heterocycles. The zero-order valence-electron chi connectivity index (χ0n) is 13.3. The van der Waals surface area contributed by atoms with Gasteiger partial charge < -0.3 is 19.9 Å². The van der Waals surface area contributed by atoms with Gasteiger partial charge in [0.1, 0.15) is 0 Å². The second-order valence-electron chi connectivity index (χ2n) is 5.31. The molecule has 3 rings (SSSR count). The average molecular weight is 344 g/mol. The van der Waals surface area contributed by atoms with E-state index < -0.39 is 0 Å². The predicted octanol–water partition coefficient (Wildman–Crippen LogP) is 4.59. The van der Waals surface area contributed by atoms with Gasteiger partial charge in [0.05, 0.1) is 28.5 Å². The van der Waals surface area contributed by atoms with E-state index in [1.165, 1.54) is 0 Å². The number of nitrogens with one attached hydrogen (secondary N) is 2. The van der Waals surface area contributed by atoms with E-state index in [1.54, 1.807) is 19.2 Å². The Balaban J connectivity index is 1.82. The van der Waals surface area contributed by atoms with Crippen molar-refractivity contribution in [1.82, 2.24) is 4.57 Å². The lowest BCUT2D eigenvalue weighted by atomic mass is 10.2. The molecule has 0 fully saturated rings. The molecule has 0 radical (unpaired) electrons. The third-order valence-corrected chi connectivity index (χ3v) is 4.02. The van der Waals surface area contributed by atoms with Gasteiger partial charge in [0, 0.05) is 25.2 Å². The molecule has 3 aromatic rings. The molecule has 0 unspecified atom stereocenters. The highest BCUT2D eigenvalue weighted by Gasteiger charge is 2.11. The minimum Gasteiger partial charge on any atom is -0.383 e. The number of para-hydroxylation sites is 2. The molecule has 24 heavy (non-hydrogen) atoms. The molecular formula is C18H18ClN3O2. The summed E-state index contributed by atoms with van der Waals surface area (Å²) in [6.45, 7) is 1.31. The second-order valence-corrected chi connectivity index (χ2v) is 5.71. The zero-order valence-corrected chi connectivity index (χ0v) is 14.0. The van der Waals surface area contributed by atoms with Gasteiger partial charge in [-0.1, -0.05) is 41.9 Å². The molecule has 0 bridgehead atoms. The Hall–Kier alpha value is -2.50. The number of anilines is 2. The quantitative estimate of drug-likeness (QED) is 0.712. The Morgan fingerprint density at radius 2 is 1.79 bits per heavy atom. The van der Waals surface area contributed by atoms with E-state index in [-0.39, 0.29) is 6.03 Å². The number of halogens is 1. The van der Waals surface area contributed by atoms with Crippen LogP contribution in [-0.2, 0) is 11.3 Å². The first-order valence-corrected chi connectivity index (χ1v) is 7.96. The molecule has 2 aromatic carbocycles. The van der Waals surface area contributed by atoms with Crippen molar-refractivity contribution in [1.29, 1.82) is 0 Å². The largest absolute Gasteiger partial charge is 0.383 e. The van der Waals surface area contributed by atoms with Crippen molar-refractivity contribution in [2.45, 2.75) is 6.54 Å². The van der Waals surface area contributed by atoms with Gasteiger partial charge in [-0.15, -0.1) is 0 Å². The maximum atomic E-state index is 12.3. The third-order valence-electron chi connectivity index (χ3n) is 3.70. The first-order chi connectivity index (χ1) is 11.7. The molecule has 0 saturated carbocycles. The molecule has 5 nitrogen and oxygen atoms in total. The molecule has 0 spiro atoms. The first kappa shape index (κ1) is 16.4. The topological polar surface area (TPSA) is 55.3 Å². The van der Waals surface area contributed by atoms with Crippen molar-refractivity contribution < 1.29 is 9.53 Å². The fraction of sp³-hybridized carbons (Fsp3) is 0.167. The van der Waals surface area contributed by atoms with E-state index in [0.717, 1.165) is 16.6 Å². The van der Waals surface area contributed by atoms with Gasteiger partial charge in [0.2, 0.25) is 0 Å². The van der Waals surface area contributed by atoms with Crippen molar-refractivity contribution in [3.8, 4) is 0 Å². The van der Waals surface area contributed by atoms with Crippen molar-refractivity contribution in [3.05, 3.63) is 59.8 Å². The zero-order chi connectivity index (χ0) is 16.9. The predicted molar refractivity (Wildman–Crippen MR) is 97.9 cm³/mol. The Kier molecular flexibility index (Phi) is 5.03. The van der Waals surface area contributed by atoms with Gasteiger partial charge >= 0.3 is 6.03 Å². The summed E-state index contributed by atoms with van der Waals surface area (Å²) < 4.78 is 7.20. The van der Waals surface area contributed by atoms with E-state index in [9.17, 15) is 4.79 Å². The fourth-order valence-electron chi connectivity index (χ4n) is 2.56. The monoisotopic (exact) mass is 343 g/mol. The van der Waals surface area contributed by atoms with Crippen LogP contribution in [0, 0.1) is 0 Å². The molecule has 0 aliphatic carbocycles. The highest BCUT2D eigenvalue weighted by atomic mass is 35.5. The van der Waals surface area contributed by atoms with Crippen LogP contribution in [0.15, 0.2) is 54.7 Å². The first-order valence-electron chi connectivity index (χ1n) is 7.58. The number of hydrogen-bond acceptors (Lipinski definition) is 2. The second kappa shape index (κ2) is 7.38. The van der Waals surface area contributed by atoms with Gasteiger partial charge in [-0.3, -0.25) is 0 Å². The molecule has 1 heterocycles. The lowest BCUT2D eigenvalue weighted by molar-refractivity contribution is 0.188. The number of nitrogens with zero attached hydrogens (tertiary/aromatic N) is 1. The molecule has 0 aliphatic rings. The number of carbonyl (C=O) groups is 1. The van der Waals surface area contributed by atoms with Crippen LogP contribution >= 0.6 is 11.6 Å². The van der Waals surface area contributed by atoms with Crippen LogP contribution in [0.1, 0.15) is 0 Å². The van der Waals surface area contributed by atoms with Crippen molar-refractivity contribution in [2.75, 3.05) is 24.4 Å². The Morgan fingerprint density at radius 1 is 1.08 bits per heavy atom. The highest BCUT2D eigenvalue weighted by molar-refractivity contribution is 6.33. The SMILES string of the molecule is COCCn1cc(NC(=O)Nc2ccccc2Cl)c2ccccc21.